The number of carboxylic acids is 1. The zero-order chi connectivity index (χ0) is 15.4. The third-order valence-corrected chi connectivity index (χ3v) is 3.28. The molecule has 0 radical (unpaired) electrons. The van der Waals surface area contributed by atoms with Gasteiger partial charge in [0.25, 0.3) is 0 Å². The molecule has 3 nitrogen and oxygen atoms in total. The number of carbonyl (C=O) groups is 1. The topological polar surface area (TPSA) is 40.5 Å². The summed E-state index contributed by atoms with van der Waals surface area (Å²) in [4.78, 5) is 12.3. The smallest absolute Gasteiger partial charge is 0.338 e. The highest BCUT2D eigenvalue weighted by Gasteiger charge is 2.19. The molecule has 0 atom stereocenters. The summed E-state index contributed by atoms with van der Waals surface area (Å²) in [5.74, 6) is -3.94. The molecule has 1 N–H and O–H groups in total. The summed E-state index contributed by atoms with van der Waals surface area (Å²) < 4.78 is 27.6. The van der Waals surface area contributed by atoms with E-state index in [4.69, 9.17) is 5.11 Å². The van der Waals surface area contributed by atoms with Gasteiger partial charge in [0, 0.05) is 13.6 Å². The summed E-state index contributed by atoms with van der Waals surface area (Å²) in [5, 5.41) is 8.75. The minimum atomic E-state index is -1.48. The number of nitrogens with zero attached hydrogens (tertiary/aromatic N) is 1. The molecule has 0 saturated carbocycles. The minimum absolute atomic E-state index is 0.0495. The van der Waals surface area contributed by atoms with Crippen LogP contribution in [0.4, 0.5) is 14.5 Å². The van der Waals surface area contributed by atoms with E-state index in [-0.39, 0.29) is 5.69 Å². The van der Waals surface area contributed by atoms with Crippen molar-refractivity contribution in [3.05, 3.63) is 65.2 Å². The van der Waals surface area contributed by atoms with E-state index in [0.29, 0.717) is 13.0 Å². The van der Waals surface area contributed by atoms with Crippen LogP contribution in [0.2, 0.25) is 0 Å². The Labute approximate surface area is 121 Å². The number of likely N-dealkylation sites (N-methyl/N-ethyl adjacent to an activating group) is 1. The van der Waals surface area contributed by atoms with Crippen molar-refractivity contribution < 1.29 is 18.7 Å². The normalized spacial score (nSPS) is 10.4. The third-order valence-electron chi connectivity index (χ3n) is 3.28. The fourth-order valence-electron chi connectivity index (χ4n) is 2.06. The highest BCUT2D eigenvalue weighted by atomic mass is 19.2. The van der Waals surface area contributed by atoms with Crippen LogP contribution in [0.25, 0.3) is 0 Å². The van der Waals surface area contributed by atoms with Crippen molar-refractivity contribution in [1.82, 2.24) is 0 Å². The van der Waals surface area contributed by atoms with E-state index >= 15 is 0 Å². The monoisotopic (exact) mass is 291 g/mol. The average Bonchev–Trinajstić information content (AvgIpc) is 2.48. The zero-order valence-corrected chi connectivity index (χ0v) is 11.5. The van der Waals surface area contributed by atoms with Crippen molar-refractivity contribution >= 4 is 11.7 Å². The first kappa shape index (κ1) is 15.0. The van der Waals surface area contributed by atoms with E-state index in [1.165, 1.54) is 6.07 Å². The second-order valence-electron chi connectivity index (χ2n) is 4.72. The van der Waals surface area contributed by atoms with Gasteiger partial charge < -0.3 is 10.0 Å². The van der Waals surface area contributed by atoms with E-state index in [1.807, 2.05) is 30.3 Å². The predicted octanol–water partition coefficient (Wildman–Crippen LogP) is 3.34. The van der Waals surface area contributed by atoms with Crippen molar-refractivity contribution in [2.45, 2.75) is 6.42 Å². The second-order valence-corrected chi connectivity index (χ2v) is 4.72. The van der Waals surface area contributed by atoms with Gasteiger partial charge in [-0.25, -0.2) is 13.6 Å². The van der Waals surface area contributed by atoms with Crippen molar-refractivity contribution in [1.29, 1.82) is 0 Å². The molecule has 0 saturated heterocycles. The van der Waals surface area contributed by atoms with E-state index < -0.39 is 23.2 Å². The van der Waals surface area contributed by atoms with Crippen LogP contribution < -0.4 is 4.90 Å². The number of hydrogen-bond acceptors (Lipinski definition) is 2. The molecule has 0 fully saturated rings. The van der Waals surface area contributed by atoms with Gasteiger partial charge in [0.1, 0.15) is 0 Å². The lowest BCUT2D eigenvalue weighted by Gasteiger charge is -2.20. The molecule has 5 heteroatoms. The molecule has 2 aromatic rings. The molecule has 0 aliphatic heterocycles. The van der Waals surface area contributed by atoms with E-state index in [9.17, 15) is 13.6 Å². The fourth-order valence-corrected chi connectivity index (χ4v) is 2.06. The summed E-state index contributed by atoms with van der Waals surface area (Å²) in [6.45, 7) is 0.493. The molecule has 0 spiro atoms. The van der Waals surface area contributed by atoms with Crippen LogP contribution in [0.15, 0.2) is 42.5 Å². The molecule has 0 amide bonds. The Morgan fingerprint density at radius 1 is 1.10 bits per heavy atom. The Hall–Kier alpha value is -2.43. The van der Waals surface area contributed by atoms with Crippen LogP contribution in [0.5, 0.6) is 0 Å². The van der Waals surface area contributed by atoms with Gasteiger partial charge in [-0.1, -0.05) is 30.3 Å². The molecule has 0 aliphatic carbocycles. The number of carboxylic acid groups (broad SMARTS) is 1. The van der Waals surface area contributed by atoms with Crippen molar-refractivity contribution in [2.75, 3.05) is 18.5 Å². The fraction of sp³-hybridized carbons (Fsp3) is 0.188. The zero-order valence-electron chi connectivity index (χ0n) is 11.5. The molecule has 0 aliphatic rings. The van der Waals surface area contributed by atoms with E-state index in [1.54, 1.807) is 11.9 Å². The Bertz CT molecular complexity index is 644. The summed E-state index contributed by atoms with van der Waals surface area (Å²) in [7, 11) is 1.64. The molecule has 2 rings (SSSR count). The van der Waals surface area contributed by atoms with Gasteiger partial charge in [-0.3, -0.25) is 0 Å². The summed E-state index contributed by atoms with van der Waals surface area (Å²) >= 11 is 0. The number of benzene rings is 2. The van der Waals surface area contributed by atoms with Gasteiger partial charge in [-0.05, 0) is 24.1 Å². The maximum absolute atomic E-state index is 13.9. The molecular weight excluding hydrogens is 276 g/mol. The van der Waals surface area contributed by atoms with E-state index in [0.717, 1.165) is 11.6 Å². The highest BCUT2D eigenvalue weighted by Crippen LogP contribution is 2.23. The van der Waals surface area contributed by atoms with Crippen LogP contribution in [-0.4, -0.2) is 24.7 Å². The van der Waals surface area contributed by atoms with E-state index in [2.05, 4.69) is 0 Å². The van der Waals surface area contributed by atoms with Gasteiger partial charge in [-0.15, -0.1) is 0 Å². The van der Waals surface area contributed by atoms with Crippen molar-refractivity contribution in [3.8, 4) is 0 Å². The molecule has 0 bridgehead atoms. The molecule has 0 unspecified atom stereocenters. The molecule has 110 valence electrons. The van der Waals surface area contributed by atoms with Gasteiger partial charge in [-0.2, -0.15) is 0 Å². The van der Waals surface area contributed by atoms with Gasteiger partial charge in [0.15, 0.2) is 11.6 Å². The highest BCUT2D eigenvalue weighted by molar-refractivity contribution is 5.88. The number of aromatic carboxylic acids is 1. The summed E-state index contributed by atoms with van der Waals surface area (Å²) in [6.07, 6.45) is 0.680. The van der Waals surface area contributed by atoms with Crippen molar-refractivity contribution in [2.24, 2.45) is 0 Å². The predicted molar refractivity (Wildman–Crippen MR) is 76.7 cm³/mol. The average molecular weight is 291 g/mol. The Morgan fingerprint density at radius 2 is 1.76 bits per heavy atom. The Balaban J connectivity index is 2.14. The first-order chi connectivity index (χ1) is 10.0. The molecule has 0 aromatic heterocycles. The lowest BCUT2D eigenvalue weighted by atomic mass is 10.1. The maximum atomic E-state index is 13.9. The van der Waals surface area contributed by atoms with Crippen LogP contribution in [0.3, 0.4) is 0 Å². The first-order valence-corrected chi connectivity index (χ1v) is 6.47. The largest absolute Gasteiger partial charge is 0.478 e. The minimum Gasteiger partial charge on any atom is -0.478 e. The number of halogens is 2. The lowest BCUT2D eigenvalue weighted by Crippen LogP contribution is -2.22. The van der Waals surface area contributed by atoms with Gasteiger partial charge in [0.05, 0.1) is 11.3 Å². The van der Waals surface area contributed by atoms with Crippen LogP contribution in [-0.2, 0) is 6.42 Å². The second kappa shape index (κ2) is 6.35. The maximum Gasteiger partial charge on any atom is 0.338 e. The Morgan fingerprint density at radius 3 is 2.38 bits per heavy atom. The molecule has 0 heterocycles. The molecular formula is C16H15F2NO2. The van der Waals surface area contributed by atoms with Gasteiger partial charge >= 0.3 is 5.97 Å². The van der Waals surface area contributed by atoms with Crippen LogP contribution >= 0.6 is 0 Å². The van der Waals surface area contributed by atoms with Crippen LogP contribution in [0, 0.1) is 11.6 Å². The first-order valence-electron chi connectivity index (χ1n) is 6.47. The third kappa shape index (κ3) is 3.37. The standard InChI is InChI=1S/C16H15F2NO2/c1-19(10-9-11-5-3-2-4-6-11)13-8-7-12(16(20)21)14(17)15(13)18/h2-8H,9-10H2,1H3,(H,20,21). The molecule has 2 aromatic carbocycles. The number of anilines is 1. The summed E-state index contributed by atoms with van der Waals surface area (Å²) in [5.41, 5.74) is 0.480. The summed E-state index contributed by atoms with van der Waals surface area (Å²) in [6, 6.07) is 12.0. The Kier molecular flexibility index (Phi) is 4.52. The molecule has 21 heavy (non-hydrogen) atoms. The quantitative estimate of drug-likeness (QED) is 0.918. The number of hydrogen-bond donors (Lipinski definition) is 1. The number of rotatable bonds is 5. The SMILES string of the molecule is CN(CCc1ccccc1)c1ccc(C(=O)O)c(F)c1F. The van der Waals surface area contributed by atoms with Gasteiger partial charge in [0.2, 0.25) is 0 Å². The van der Waals surface area contributed by atoms with Crippen LogP contribution in [0.1, 0.15) is 15.9 Å². The lowest BCUT2D eigenvalue weighted by molar-refractivity contribution is 0.0690. The van der Waals surface area contributed by atoms with Crippen molar-refractivity contribution in [3.63, 3.8) is 0 Å².